The van der Waals surface area contributed by atoms with Crippen LogP contribution in [0.4, 0.5) is 0 Å². The SMILES string of the molecule is CCc1nc(-c2ccc3nc(C)ccc3c2)[nH]c(=O)c1Br. The Morgan fingerprint density at radius 2 is 2.00 bits per heavy atom. The van der Waals surface area contributed by atoms with Crippen LogP contribution < -0.4 is 5.56 Å². The minimum absolute atomic E-state index is 0.154. The molecule has 0 atom stereocenters. The predicted octanol–water partition coefficient (Wildman–Crippen LogP) is 3.62. The molecule has 1 aromatic carbocycles. The summed E-state index contributed by atoms with van der Waals surface area (Å²) in [7, 11) is 0. The fraction of sp³-hybridized carbons (Fsp3) is 0.188. The molecule has 5 heteroatoms. The largest absolute Gasteiger partial charge is 0.306 e. The van der Waals surface area contributed by atoms with Gasteiger partial charge in [-0.05, 0) is 53.5 Å². The molecule has 3 rings (SSSR count). The van der Waals surface area contributed by atoms with Gasteiger partial charge in [-0.25, -0.2) is 4.98 Å². The molecule has 106 valence electrons. The molecule has 0 spiro atoms. The molecule has 2 heterocycles. The fourth-order valence-corrected chi connectivity index (χ4v) is 2.72. The lowest BCUT2D eigenvalue weighted by Crippen LogP contribution is -2.13. The molecule has 0 amide bonds. The van der Waals surface area contributed by atoms with Gasteiger partial charge in [-0.1, -0.05) is 13.0 Å². The third-order valence-electron chi connectivity index (χ3n) is 3.37. The lowest BCUT2D eigenvalue weighted by molar-refractivity contribution is 0.970. The summed E-state index contributed by atoms with van der Waals surface area (Å²) in [5, 5.41) is 1.03. The van der Waals surface area contributed by atoms with E-state index in [4.69, 9.17) is 0 Å². The van der Waals surface area contributed by atoms with Crippen LogP contribution in [0.15, 0.2) is 39.6 Å². The Hall–Kier alpha value is -2.01. The second-order valence-corrected chi connectivity index (χ2v) is 5.68. The Labute approximate surface area is 130 Å². The van der Waals surface area contributed by atoms with Crippen molar-refractivity contribution in [2.75, 3.05) is 0 Å². The lowest BCUT2D eigenvalue weighted by Gasteiger charge is -2.06. The van der Waals surface area contributed by atoms with E-state index in [0.717, 1.165) is 27.9 Å². The maximum atomic E-state index is 11.9. The van der Waals surface area contributed by atoms with Crippen molar-refractivity contribution in [1.82, 2.24) is 15.0 Å². The zero-order chi connectivity index (χ0) is 15.0. The number of aromatic amines is 1. The summed E-state index contributed by atoms with van der Waals surface area (Å²) >= 11 is 3.28. The molecule has 0 radical (unpaired) electrons. The van der Waals surface area contributed by atoms with Crippen LogP contribution >= 0.6 is 15.9 Å². The molecule has 3 aromatic rings. The summed E-state index contributed by atoms with van der Waals surface area (Å²) in [4.78, 5) is 23.8. The van der Waals surface area contributed by atoms with Gasteiger partial charge in [-0.2, -0.15) is 0 Å². The monoisotopic (exact) mass is 343 g/mol. The standard InChI is InChI=1S/C16H14BrN3O/c1-3-12-14(17)16(21)20-15(19-12)11-6-7-13-10(8-11)5-4-9(2)18-13/h4-8H,3H2,1-2H3,(H,19,20,21). The van der Waals surface area contributed by atoms with E-state index in [1.807, 2.05) is 44.2 Å². The number of rotatable bonds is 2. The van der Waals surface area contributed by atoms with Crippen molar-refractivity contribution >= 4 is 26.8 Å². The molecule has 0 aliphatic rings. The van der Waals surface area contributed by atoms with Crippen molar-refractivity contribution in [3.63, 3.8) is 0 Å². The van der Waals surface area contributed by atoms with Gasteiger partial charge in [0.1, 0.15) is 10.3 Å². The van der Waals surface area contributed by atoms with Crippen LogP contribution in [0, 0.1) is 6.92 Å². The number of hydrogen-bond donors (Lipinski definition) is 1. The Kier molecular flexibility index (Phi) is 3.59. The molecule has 0 saturated heterocycles. The molecular weight excluding hydrogens is 330 g/mol. The fourth-order valence-electron chi connectivity index (χ4n) is 2.25. The number of pyridine rings is 1. The summed E-state index contributed by atoms with van der Waals surface area (Å²) in [6.45, 7) is 3.94. The third-order valence-corrected chi connectivity index (χ3v) is 4.19. The number of nitrogens with one attached hydrogen (secondary N) is 1. The van der Waals surface area contributed by atoms with Crippen LogP contribution in [0.2, 0.25) is 0 Å². The summed E-state index contributed by atoms with van der Waals surface area (Å²) in [5.41, 5.74) is 3.41. The molecule has 0 unspecified atom stereocenters. The van der Waals surface area contributed by atoms with Crippen molar-refractivity contribution in [3.8, 4) is 11.4 Å². The first kappa shape index (κ1) is 13.9. The first-order valence-electron chi connectivity index (χ1n) is 6.75. The van der Waals surface area contributed by atoms with Crippen molar-refractivity contribution in [1.29, 1.82) is 0 Å². The highest BCUT2D eigenvalue weighted by Gasteiger charge is 2.09. The number of H-pyrrole nitrogens is 1. The molecule has 0 aliphatic heterocycles. The van der Waals surface area contributed by atoms with Crippen LogP contribution in [-0.2, 0) is 6.42 Å². The van der Waals surface area contributed by atoms with Crippen molar-refractivity contribution in [2.45, 2.75) is 20.3 Å². The minimum atomic E-state index is -0.154. The van der Waals surface area contributed by atoms with Crippen LogP contribution in [0.3, 0.4) is 0 Å². The molecule has 0 bridgehead atoms. The Bertz CT molecular complexity index is 886. The second-order valence-electron chi connectivity index (χ2n) is 4.89. The van der Waals surface area contributed by atoms with Crippen molar-refractivity contribution < 1.29 is 0 Å². The number of benzene rings is 1. The molecule has 1 N–H and O–H groups in total. The zero-order valence-electron chi connectivity index (χ0n) is 11.8. The maximum Gasteiger partial charge on any atom is 0.265 e. The minimum Gasteiger partial charge on any atom is -0.306 e. The molecule has 2 aromatic heterocycles. The number of fused-ring (bicyclic) bond motifs is 1. The highest BCUT2D eigenvalue weighted by atomic mass is 79.9. The molecule has 21 heavy (non-hydrogen) atoms. The van der Waals surface area contributed by atoms with E-state index in [1.54, 1.807) is 0 Å². The maximum absolute atomic E-state index is 11.9. The van der Waals surface area contributed by atoms with E-state index in [9.17, 15) is 4.79 Å². The average Bonchev–Trinajstić information content (AvgIpc) is 2.49. The number of nitrogens with zero attached hydrogens (tertiary/aromatic N) is 2. The first-order chi connectivity index (χ1) is 10.1. The van der Waals surface area contributed by atoms with Gasteiger partial charge in [0.25, 0.3) is 5.56 Å². The summed E-state index contributed by atoms with van der Waals surface area (Å²) in [6, 6.07) is 9.87. The second kappa shape index (κ2) is 5.41. The topological polar surface area (TPSA) is 58.6 Å². The smallest absolute Gasteiger partial charge is 0.265 e. The summed E-state index contributed by atoms with van der Waals surface area (Å²) < 4.78 is 0.506. The zero-order valence-corrected chi connectivity index (χ0v) is 13.4. The molecule has 0 aliphatic carbocycles. The van der Waals surface area contributed by atoms with Gasteiger partial charge in [0.05, 0.1) is 11.2 Å². The Balaban J connectivity index is 2.18. The highest BCUT2D eigenvalue weighted by Crippen LogP contribution is 2.22. The molecule has 4 nitrogen and oxygen atoms in total. The van der Waals surface area contributed by atoms with Gasteiger partial charge in [0.15, 0.2) is 0 Å². The normalized spacial score (nSPS) is 11.0. The predicted molar refractivity (Wildman–Crippen MR) is 87.4 cm³/mol. The van der Waals surface area contributed by atoms with Crippen molar-refractivity contribution in [2.24, 2.45) is 0 Å². The van der Waals surface area contributed by atoms with E-state index < -0.39 is 0 Å². The van der Waals surface area contributed by atoms with E-state index in [0.29, 0.717) is 16.7 Å². The van der Waals surface area contributed by atoms with Gasteiger partial charge < -0.3 is 4.98 Å². The summed E-state index contributed by atoms with van der Waals surface area (Å²) in [5.74, 6) is 0.586. The number of halogens is 1. The first-order valence-corrected chi connectivity index (χ1v) is 7.54. The van der Waals surface area contributed by atoms with Crippen LogP contribution in [0.5, 0.6) is 0 Å². The lowest BCUT2D eigenvalue weighted by atomic mass is 10.1. The third kappa shape index (κ3) is 2.61. The van der Waals surface area contributed by atoms with Gasteiger partial charge >= 0.3 is 0 Å². The highest BCUT2D eigenvalue weighted by molar-refractivity contribution is 9.10. The van der Waals surface area contributed by atoms with Gasteiger partial charge in [-0.15, -0.1) is 0 Å². The summed E-state index contributed by atoms with van der Waals surface area (Å²) in [6.07, 6.45) is 0.700. The molecular formula is C16H14BrN3O. The Morgan fingerprint density at radius 1 is 1.19 bits per heavy atom. The quantitative estimate of drug-likeness (QED) is 0.772. The van der Waals surface area contributed by atoms with Crippen LogP contribution in [0.25, 0.3) is 22.3 Å². The van der Waals surface area contributed by atoms with E-state index in [-0.39, 0.29) is 5.56 Å². The van der Waals surface area contributed by atoms with Crippen LogP contribution in [0.1, 0.15) is 18.3 Å². The average molecular weight is 344 g/mol. The van der Waals surface area contributed by atoms with E-state index in [1.165, 1.54) is 0 Å². The number of aryl methyl sites for hydroxylation is 2. The number of hydrogen-bond acceptors (Lipinski definition) is 3. The Morgan fingerprint density at radius 3 is 2.76 bits per heavy atom. The van der Waals surface area contributed by atoms with Crippen LogP contribution in [-0.4, -0.2) is 15.0 Å². The van der Waals surface area contributed by atoms with Gasteiger partial charge in [0.2, 0.25) is 0 Å². The number of aromatic nitrogens is 3. The van der Waals surface area contributed by atoms with E-state index in [2.05, 4.69) is 30.9 Å². The molecule has 0 fully saturated rings. The van der Waals surface area contributed by atoms with Crippen molar-refractivity contribution in [3.05, 3.63) is 56.5 Å². The van der Waals surface area contributed by atoms with Gasteiger partial charge in [0, 0.05) is 16.6 Å². The molecule has 0 saturated carbocycles. The van der Waals surface area contributed by atoms with Gasteiger partial charge in [-0.3, -0.25) is 9.78 Å². The van der Waals surface area contributed by atoms with E-state index >= 15 is 0 Å².